The highest BCUT2D eigenvalue weighted by Gasteiger charge is 2.38. The van der Waals surface area contributed by atoms with Crippen molar-refractivity contribution in [2.75, 3.05) is 0 Å². The topological polar surface area (TPSA) is 43.4 Å². The van der Waals surface area contributed by atoms with E-state index in [1.54, 1.807) is 6.92 Å². The van der Waals surface area contributed by atoms with Crippen molar-refractivity contribution in [1.29, 1.82) is 0 Å². The number of benzene rings is 1. The second-order valence-electron chi connectivity index (χ2n) is 3.53. The van der Waals surface area contributed by atoms with Crippen LogP contribution in [0, 0.1) is 0 Å². The molecule has 0 spiro atoms. The molecular weight excluding hydrogens is 200 g/mol. The van der Waals surface area contributed by atoms with Gasteiger partial charge in [-0.15, -0.1) is 0 Å². The molecule has 14 heavy (non-hydrogen) atoms. The van der Waals surface area contributed by atoms with Gasteiger partial charge in [0.25, 0.3) is 10.1 Å². The second kappa shape index (κ2) is 3.37. The Labute approximate surface area is 83.8 Å². The Bertz CT molecular complexity index is 410. The first kappa shape index (κ1) is 9.68. The van der Waals surface area contributed by atoms with Crippen LogP contribution >= 0.6 is 0 Å². The Hall–Kier alpha value is -0.870. The lowest BCUT2D eigenvalue weighted by Gasteiger charge is -2.06. The van der Waals surface area contributed by atoms with Gasteiger partial charge in [0.05, 0.1) is 6.10 Å². The van der Waals surface area contributed by atoms with Crippen molar-refractivity contribution in [3.05, 3.63) is 35.9 Å². The van der Waals surface area contributed by atoms with Gasteiger partial charge in [-0.3, -0.25) is 4.18 Å². The molecule has 2 rings (SSSR count). The third-order valence-electron chi connectivity index (χ3n) is 2.36. The summed E-state index contributed by atoms with van der Waals surface area (Å²) in [6.07, 6.45) is 0.344. The van der Waals surface area contributed by atoms with E-state index in [0.717, 1.165) is 5.56 Å². The van der Waals surface area contributed by atoms with E-state index in [-0.39, 0.29) is 6.10 Å². The summed E-state index contributed by atoms with van der Waals surface area (Å²) < 4.78 is 28.0. The summed E-state index contributed by atoms with van der Waals surface area (Å²) in [6, 6.07) is 9.20. The van der Waals surface area contributed by atoms with Gasteiger partial charge in [-0.2, -0.15) is 8.42 Å². The molecule has 0 bridgehead atoms. The molecule has 0 unspecified atom stereocenters. The summed E-state index contributed by atoms with van der Waals surface area (Å²) in [7, 11) is -3.39. The molecule has 0 saturated carbocycles. The lowest BCUT2D eigenvalue weighted by atomic mass is 10.1. The van der Waals surface area contributed by atoms with E-state index in [2.05, 4.69) is 0 Å². The van der Waals surface area contributed by atoms with E-state index in [4.69, 9.17) is 4.18 Å². The Morgan fingerprint density at radius 2 is 1.93 bits per heavy atom. The summed E-state index contributed by atoms with van der Waals surface area (Å²) in [6.45, 7) is 1.78. The minimum Gasteiger partial charge on any atom is -0.267 e. The van der Waals surface area contributed by atoms with E-state index in [1.165, 1.54) is 0 Å². The molecule has 0 radical (unpaired) electrons. The Morgan fingerprint density at radius 3 is 2.43 bits per heavy atom. The number of hydrogen-bond acceptors (Lipinski definition) is 3. The largest absolute Gasteiger partial charge is 0.274 e. The quantitative estimate of drug-likeness (QED) is 0.667. The molecule has 0 N–H and O–H groups in total. The highest BCUT2D eigenvalue weighted by Crippen LogP contribution is 2.36. The van der Waals surface area contributed by atoms with Gasteiger partial charge in [0.15, 0.2) is 0 Å². The highest BCUT2D eigenvalue weighted by molar-refractivity contribution is 7.87. The minimum atomic E-state index is -3.39. The average molecular weight is 212 g/mol. The van der Waals surface area contributed by atoms with Crippen LogP contribution < -0.4 is 0 Å². The molecule has 1 aliphatic rings. The zero-order valence-corrected chi connectivity index (χ0v) is 8.70. The molecule has 0 aliphatic carbocycles. The normalized spacial score (nSPS) is 30.4. The maximum atomic E-state index is 11.6. The fourth-order valence-corrected chi connectivity index (χ4v) is 3.39. The van der Waals surface area contributed by atoms with Crippen LogP contribution in [0.3, 0.4) is 0 Å². The third-order valence-corrected chi connectivity index (χ3v) is 4.12. The molecule has 2 atom stereocenters. The van der Waals surface area contributed by atoms with Crippen LogP contribution in [0.4, 0.5) is 0 Å². The van der Waals surface area contributed by atoms with Crippen LogP contribution in [-0.2, 0) is 14.3 Å². The summed E-state index contributed by atoms with van der Waals surface area (Å²) in [5.74, 6) is 0. The lowest BCUT2D eigenvalue weighted by molar-refractivity contribution is 0.257. The van der Waals surface area contributed by atoms with E-state index in [0.29, 0.717) is 6.42 Å². The fourth-order valence-electron chi connectivity index (χ4n) is 1.73. The maximum Gasteiger partial charge on any atom is 0.274 e. The third kappa shape index (κ3) is 1.67. The van der Waals surface area contributed by atoms with Crippen molar-refractivity contribution >= 4 is 10.1 Å². The molecule has 1 aromatic rings. The van der Waals surface area contributed by atoms with Crippen LogP contribution in [0.1, 0.15) is 24.2 Å². The molecule has 0 amide bonds. The molecule has 76 valence electrons. The summed E-state index contributed by atoms with van der Waals surface area (Å²) >= 11 is 0. The molecular formula is C10H12O3S. The van der Waals surface area contributed by atoms with E-state index in [1.807, 2.05) is 30.3 Å². The van der Waals surface area contributed by atoms with Crippen LogP contribution in [0.25, 0.3) is 0 Å². The molecule has 1 fully saturated rings. The summed E-state index contributed by atoms with van der Waals surface area (Å²) in [5, 5.41) is -0.487. The number of hydrogen-bond donors (Lipinski definition) is 0. The van der Waals surface area contributed by atoms with Gasteiger partial charge in [-0.1, -0.05) is 30.3 Å². The van der Waals surface area contributed by atoms with E-state index < -0.39 is 15.4 Å². The molecule has 1 aromatic carbocycles. The van der Waals surface area contributed by atoms with Crippen LogP contribution in [0.5, 0.6) is 0 Å². The van der Waals surface area contributed by atoms with E-state index >= 15 is 0 Å². The molecule has 1 aliphatic heterocycles. The van der Waals surface area contributed by atoms with Crippen LogP contribution in [-0.4, -0.2) is 14.5 Å². The van der Waals surface area contributed by atoms with Gasteiger partial charge in [0.2, 0.25) is 0 Å². The van der Waals surface area contributed by atoms with Gasteiger partial charge >= 0.3 is 0 Å². The van der Waals surface area contributed by atoms with Crippen molar-refractivity contribution < 1.29 is 12.6 Å². The fraction of sp³-hybridized carbons (Fsp3) is 0.400. The van der Waals surface area contributed by atoms with Crippen LogP contribution in [0.2, 0.25) is 0 Å². The highest BCUT2D eigenvalue weighted by atomic mass is 32.2. The molecule has 0 aromatic heterocycles. The van der Waals surface area contributed by atoms with Crippen LogP contribution in [0.15, 0.2) is 30.3 Å². The van der Waals surface area contributed by atoms with Crippen molar-refractivity contribution in [2.45, 2.75) is 24.7 Å². The predicted molar refractivity (Wildman–Crippen MR) is 53.3 cm³/mol. The van der Waals surface area contributed by atoms with Gasteiger partial charge in [0, 0.05) is 0 Å². The zero-order chi connectivity index (χ0) is 10.2. The summed E-state index contributed by atoms with van der Waals surface area (Å²) in [4.78, 5) is 0. The first-order valence-corrected chi connectivity index (χ1v) is 6.04. The minimum absolute atomic E-state index is 0.204. The van der Waals surface area contributed by atoms with Crippen molar-refractivity contribution in [3.63, 3.8) is 0 Å². The first-order valence-electron chi connectivity index (χ1n) is 4.56. The first-order chi connectivity index (χ1) is 6.59. The van der Waals surface area contributed by atoms with Gasteiger partial charge < -0.3 is 0 Å². The lowest BCUT2D eigenvalue weighted by Crippen LogP contribution is -2.06. The van der Waals surface area contributed by atoms with Gasteiger partial charge in [-0.05, 0) is 18.9 Å². The van der Waals surface area contributed by atoms with Crippen molar-refractivity contribution in [3.8, 4) is 0 Å². The van der Waals surface area contributed by atoms with Crippen molar-refractivity contribution in [2.24, 2.45) is 0 Å². The Kier molecular flexibility index (Phi) is 2.33. The SMILES string of the molecule is C[C@@H]1C[C@H](c2ccccc2)S(=O)(=O)O1. The molecule has 1 heterocycles. The van der Waals surface area contributed by atoms with E-state index in [9.17, 15) is 8.42 Å². The zero-order valence-electron chi connectivity index (χ0n) is 7.88. The smallest absolute Gasteiger partial charge is 0.267 e. The Balaban J connectivity index is 2.37. The Morgan fingerprint density at radius 1 is 1.29 bits per heavy atom. The number of rotatable bonds is 1. The molecule has 3 nitrogen and oxygen atoms in total. The van der Waals surface area contributed by atoms with Gasteiger partial charge in [0.1, 0.15) is 5.25 Å². The standard InChI is InChI=1S/C10H12O3S/c1-8-7-10(14(11,12)13-8)9-5-3-2-4-6-9/h2-6,8,10H,7H2,1H3/t8-,10-/m1/s1. The molecule has 1 saturated heterocycles. The van der Waals surface area contributed by atoms with Gasteiger partial charge in [-0.25, -0.2) is 0 Å². The summed E-state index contributed by atoms with van der Waals surface area (Å²) in [5.41, 5.74) is 0.817. The maximum absolute atomic E-state index is 11.6. The van der Waals surface area contributed by atoms with Crippen molar-refractivity contribution in [1.82, 2.24) is 0 Å². The predicted octanol–water partition coefficient (Wildman–Crippen LogP) is 1.87. The monoisotopic (exact) mass is 212 g/mol. The second-order valence-corrected chi connectivity index (χ2v) is 5.28. The average Bonchev–Trinajstić information content (AvgIpc) is 2.41. The molecule has 4 heteroatoms.